The van der Waals surface area contributed by atoms with E-state index in [1.165, 1.54) is 5.56 Å². The minimum absolute atomic E-state index is 0.0857. The molecule has 0 spiro atoms. The summed E-state index contributed by atoms with van der Waals surface area (Å²) in [5.41, 5.74) is 0.0862. The molecule has 0 aromatic heterocycles. The number of aryl methyl sites for hydroxylation is 1. The minimum Gasteiger partial charge on any atom is -0.379 e. The molecule has 1 saturated heterocycles. The van der Waals surface area contributed by atoms with Crippen LogP contribution in [0.2, 0.25) is 0 Å². The predicted molar refractivity (Wildman–Crippen MR) is 97.9 cm³/mol. The summed E-state index contributed by atoms with van der Waals surface area (Å²) >= 11 is 0. The maximum Gasteiger partial charge on any atom is 0.255 e. The third-order valence-electron chi connectivity index (χ3n) is 4.65. The molecule has 1 fully saturated rings. The van der Waals surface area contributed by atoms with Crippen molar-refractivity contribution < 1.29 is 9.90 Å². The van der Waals surface area contributed by atoms with E-state index >= 15 is 0 Å². The number of rotatable bonds is 8. The molecule has 1 N–H and O–H groups in total. The highest BCUT2D eigenvalue weighted by molar-refractivity contribution is 5.86. The molecule has 0 saturated carbocycles. The average molecular weight is 332 g/mol. The van der Waals surface area contributed by atoms with Crippen molar-refractivity contribution in [3.05, 3.63) is 35.9 Å². The standard InChI is InChI=1S/C20H32N2O2/c1-17(2)15-21(3)16-20(24)12-8-14-22(19(20)23)13-7-11-18-9-5-4-6-10-18/h4-6,9-10,17,24H,7-8,11-16H2,1-3H3. The lowest BCUT2D eigenvalue weighted by molar-refractivity contribution is -0.159. The van der Waals surface area contributed by atoms with E-state index in [1.807, 2.05) is 30.1 Å². The number of benzene rings is 1. The molecule has 1 atom stereocenters. The fourth-order valence-electron chi connectivity index (χ4n) is 3.68. The van der Waals surface area contributed by atoms with Gasteiger partial charge in [-0.1, -0.05) is 44.2 Å². The summed E-state index contributed by atoms with van der Waals surface area (Å²) in [4.78, 5) is 16.7. The number of nitrogens with zero attached hydrogens (tertiary/aromatic N) is 2. The van der Waals surface area contributed by atoms with E-state index in [4.69, 9.17) is 0 Å². The third-order valence-corrected chi connectivity index (χ3v) is 4.65. The van der Waals surface area contributed by atoms with Crippen molar-refractivity contribution in [3.63, 3.8) is 0 Å². The van der Waals surface area contributed by atoms with Gasteiger partial charge in [0.05, 0.1) is 0 Å². The molecule has 0 radical (unpaired) electrons. The van der Waals surface area contributed by atoms with Crippen LogP contribution in [-0.2, 0) is 11.2 Å². The molecule has 1 aromatic carbocycles. The van der Waals surface area contributed by atoms with Crippen molar-refractivity contribution >= 4 is 5.91 Å². The highest BCUT2D eigenvalue weighted by atomic mass is 16.3. The Morgan fingerprint density at radius 3 is 2.67 bits per heavy atom. The summed E-state index contributed by atoms with van der Waals surface area (Å²) in [6.07, 6.45) is 3.36. The van der Waals surface area contributed by atoms with Crippen LogP contribution in [0.3, 0.4) is 0 Å². The van der Waals surface area contributed by atoms with Crippen LogP contribution in [0, 0.1) is 5.92 Å². The second kappa shape index (κ2) is 8.63. The fourth-order valence-corrected chi connectivity index (χ4v) is 3.68. The summed E-state index contributed by atoms with van der Waals surface area (Å²) in [7, 11) is 1.99. The maximum absolute atomic E-state index is 12.8. The van der Waals surface area contributed by atoms with Gasteiger partial charge in [0, 0.05) is 26.2 Å². The van der Waals surface area contributed by atoms with Gasteiger partial charge in [-0.2, -0.15) is 0 Å². The SMILES string of the molecule is CC(C)CN(C)CC1(O)CCCN(CCCc2ccccc2)C1=O. The molecule has 1 heterocycles. The molecule has 24 heavy (non-hydrogen) atoms. The smallest absolute Gasteiger partial charge is 0.255 e. The Bertz CT molecular complexity index is 518. The van der Waals surface area contributed by atoms with E-state index < -0.39 is 5.60 Å². The summed E-state index contributed by atoms with van der Waals surface area (Å²) in [5, 5.41) is 10.9. The Labute approximate surface area is 146 Å². The first kappa shape index (κ1) is 18.9. The summed E-state index contributed by atoms with van der Waals surface area (Å²) < 4.78 is 0. The average Bonchev–Trinajstić information content (AvgIpc) is 2.52. The zero-order valence-corrected chi connectivity index (χ0v) is 15.4. The Morgan fingerprint density at radius 2 is 2.00 bits per heavy atom. The Morgan fingerprint density at radius 1 is 1.29 bits per heavy atom. The first-order valence-electron chi connectivity index (χ1n) is 9.15. The second-order valence-electron chi connectivity index (χ2n) is 7.61. The highest BCUT2D eigenvalue weighted by Gasteiger charge is 2.42. The molecular formula is C20H32N2O2. The molecule has 4 heteroatoms. The molecule has 1 unspecified atom stereocenters. The number of carbonyl (C=O) groups is 1. The van der Waals surface area contributed by atoms with Gasteiger partial charge in [0.1, 0.15) is 0 Å². The Hall–Kier alpha value is -1.39. The van der Waals surface area contributed by atoms with Crippen molar-refractivity contribution in [2.24, 2.45) is 5.92 Å². The Kier molecular flexibility index (Phi) is 6.81. The quantitative estimate of drug-likeness (QED) is 0.796. The summed E-state index contributed by atoms with van der Waals surface area (Å²) in [6.45, 7) is 7.12. The van der Waals surface area contributed by atoms with Gasteiger partial charge in [-0.3, -0.25) is 4.79 Å². The molecule has 0 bridgehead atoms. The van der Waals surface area contributed by atoms with Crippen LogP contribution in [-0.4, -0.2) is 59.6 Å². The van der Waals surface area contributed by atoms with Crippen molar-refractivity contribution in [3.8, 4) is 0 Å². The zero-order chi connectivity index (χ0) is 17.6. The van der Waals surface area contributed by atoms with E-state index in [2.05, 4.69) is 30.9 Å². The number of hydrogen-bond acceptors (Lipinski definition) is 3. The first-order chi connectivity index (χ1) is 11.4. The second-order valence-corrected chi connectivity index (χ2v) is 7.61. The lowest BCUT2D eigenvalue weighted by Gasteiger charge is -2.40. The third kappa shape index (κ3) is 5.32. The maximum atomic E-state index is 12.8. The number of piperidine rings is 1. The van der Waals surface area contributed by atoms with Gasteiger partial charge in [-0.15, -0.1) is 0 Å². The van der Waals surface area contributed by atoms with Crippen LogP contribution in [0.5, 0.6) is 0 Å². The van der Waals surface area contributed by atoms with E-state index in [0.29, 0.717) is 18.9 Å². The molecule has 4 nitrogen and oxygen atoms in total. The zero-order valence-electron chi connectivity index (χ0n) is 15.4. The van der Waals surface area contributed by atoms with Crippen molar-refractivity contribution in [2.75, 3.05) is 33.2 Å². The number of amides is 1. The minimum atomic E-state index is -1.21. The van der Waals surface area contributed by atoms with E-state index in [0.717, 1.165) is 38.9 Å². The lowest BCUT2D eigenvalue weighted by Crippen LogP contribution is -2.58. The Balaban J connectivity index is 1.86. The fraction of sp³-hybridized carbons (Fsp3) is 0.650. The van der Waals surface area contributed by atoms with Gasteiger partial charge in [-0.05, 0) is 44.2 Å². The monoisotopic (exact) mass is 332 g/mol. The van der Waals surface area contributed by atoms with Crippen LogP contribution >= 0.6 is 0 Å². The molecule has 1 amide bonds. The van der Waals surface area contributed by atoms with Crippen LogP contribution in [0.15, 0.2) is 30.3 Å². The van der Waals surface area contributed by atoms with Crippen molar-refractivity contribution in [2.45, 2.75) is 45.1 Å². The first-order valence-corrected chi connectivity index (χ1v) is 9.15. The predicted octanol–water partition coefficient (Wildman–Crippen LogP) is 2.56. The van der Waals surface area contributed by atoms with E-state index in [9.17, 15) is 9.90 Å². The van der Waals surface area contributed by atoms with Crippen molar-refractivity contribution in [1.29, 1.82) is 0 Å². The van der Waals surface area contributed by atoms with Gasteiger partial charge < -0.3 is 14.9 Å². The highest BCUT2D eigenvalue weighted by Crippen LogP contribution is 2.24. The molecular weight excluding hydrogens is 300 g/mol. The number of carbonyl (C=O) groups excluding carboxylic acids is 1. The van der Waals surface area contributed by atoms with E-state index in [-0.39, 0.29) is 5.91 Å². The molecule has 0 aliphatic carbocycles. The van der Waals surface area contributed by atoms with Gasteiger partial charge in [-0.25, -0.2) is 0 Å². The number of likely N-dealkylation sites (N-methyl/N-ethyl adjacent to an activating group) is 1. The molecule has 1 aromatic rings. The lowest BCUT2D eigenvalue weighted by atomic mass is 9.90. The molecule has 2 rings (SSSR count). The van der Waals surface area contributed by atoms with Gasteiger partial charge >= 0.3 is 0 Å². The number of hydrogen-bond donors (Lipinski definition) is 1. The molecule has 1 aliphatic rings. The summed E-state index contributed by atoms with van der Waals surface area (Å²) in [5.74, 6) is 0.441. The van der Waals surface area contributed by atoms with E-state index in [1.54, 1.807) is 0 Å². The van der Waals surface area contributed by atoms with Gasteiger partial charge in [0.2, 0.25) is 0 Å². The van der Waals surface area contributed by atoms with Crippen LogP contribution in [0.4, 0.5) is 0 Å². The normalized spacial score (nSPS) is 21.8. The molecule has 134 valence electrons. The largest absolute Gasteiger partial charge is 0.379 e. The van der Waals surface area contributed by atoms with Crippen molar-refractivity contribution in [1.82, 2.24) is 9.80 Å². The van der Waals surface area contributed by atoms with Crippen LogP contribution in [0.1, 0.15) is 38.7 Å². The van der Waals surface area contributed by atoms with Crippen LogP contribution < -0.4 is 0 Å². The summed E-state index contributed by atoms with van der Waals surface area (Å²) in [6, 6.07) is 10.4. The van der Waals surface area contributed by atoms with Gasteiger partial charge in [0.15, 0.2) is 5.60 Å². The van der Waals surface area contributed by atoms with Crippen LogP contribution in [0.25, 0.3) is 0 Å². The number of aliphatic hydroxyl groups is 1. The van der Waals surface area contributed by atoms with Gasteiger partial charge in [0.25, 0.3) is 5.91 Å². The molecule has 1 aliphatic heterocycles. The number of likely N-dealkylation sites (tertiary alicyclic amines) is 1. The topological polar surface area (TPSA) is 43.8 Å².